The number of halogens is 1. The molecule has 2 N–H and O–H groups in total. The zero-order valence-corrected chi connectivity index (χ0v) is 15.3. The first kappa shape index (κ1) is 18.1. The molecule has 2 aromatic carbocycles. The zero-order valence-electron chi connectivity index (χ0n) is 14.5. The second-order valence-electron chi connectivity index (χ2n) is 6.48. The van der Waals surface area contributed by atoms with Gasteiger partial charge in [-0.1, -0.05) is 48.0 Å². The second-order valence-corrected chi connectivity index (χ2v) is 6.88. The molecule has 2 aromatic rings. The van der Waals surface area contributed by atoms with Gasteiger partial charge in [-0.15, -0.1) is 0 Å². The number of carbonyl (C=O) groups is 1. The van der Waals surface area contributed by atoms with Crippen molar-refractivity contribution in [3.05, 3.63) is 70.8 Å². The summed E-state index contributed by atoms with van der Waals surface area (Å²) in [7, 11) is 0. The molecule has 0 saturated carbocycles. The van der Waals surface area contributed by atoms with Crippen LogP contribution in [0.4, 0.5) is 10.5 Å². The van der Waals surface area contributed by atoms with Crippen LogP contribution in [0.3, 0.4) is 0 Å². The van der Waals surface area contributed by atoms with Crippen molar-refractivity contribution in [3.8, 4) is 0 Å². The second kappa shape index (κ2) is 7.10. The summed E-state index contributed by atoms with van der Waals surface area (Å²) in [4.78, 5) is 12.4. The fraction of sp³-hybridized carbons (Fsp3) is 0.250. The van der Waals surface area contributed by atoms with E-state index in [4.69, 9.17) is 11.6 Å². The molecule has 0 spiro atoms. The Kier molecular flexibility index (Phi) is 5.35. The molecule has 0 unspecified atom stereocenters. The van der Waals surface area contributed by atoms with E-state index in [2.05, 4.69) is 17.2 Å². The van der Waals surface area contributed by atoms with Crippen LogP contribution in [0.15, 0.2) is 49.0 Å². The zero-order chi connectivity index (χ0) is 17.9. The van der Waals surface area contributed by atoms with E-state index in [9.17, 15) is 4.79 Å². The Hall–Kier alpha value is -2.26. The molecule has 24 heavy (non-hydrogen) atoms. The molecule has 126 valence electrons. The van der Waals surface area contributed by atoms with Crippen molar-refractivity contribution in [3.63, 3.8) is 0 Å². The van der Waals surface area contributed by atoms with Crippen molar-refractivity contribution in [2.24, 2.45) is 0 Å². The first-order chi connectivity index (χ1) is 11.2. The van der Waals surface area contributed by atoms with Gasteiger partial charge >= 0.3 is 6.03 Å². The summed E-state index contributed by atoms with van der Waals surface area (Å²) in [6.45, 7) is 11.7. The van der Waals surface area contributed by atoms with Crippen LogP contribution in [0, 0.1) is 6.92 Å². The summed E-state index contributed by atoms with van der Waals surface area (Å²) in [5, 5.41) is 6.50. The summed E-state index contributed by atoms with van der Waals surface area (Å²) < 4.78 is 0. The third-order valence-electron chi connectivity index (χ3n) is 4.02. The van der Waals surface area contributed by atoms with Crippen LogP contribution < -0.4 is 10.6 Å². The first-order valence-electron chi connectivity index (χ1n) is 7.81. The number of anilines is 1. The Morgan fingerprint density at radius 2 is 1.83 bits per heavy atom. The molecular weight excluding hydrogens is 320 g/mol. The number of allylic oxidation sites excluding steroid dienone is 1. The van der Waals surface area contributed by atoms with Gasteiger partial charge in [0.25, 0.3) is 0 Å². The predicted molar refractivity (Wildman–Crippen MR) is 103 cm³/mol. The maximum absolute atomic E-state index is 12.4. The highest BCUT2D eigenvalue weighted by atomic mass is 35.5. The smallest absolute Gasteiger partial charge is 0.319 e. The lowest BCUT2D eigenvalue weighted by Gasteiger charge is -2.28. The Balaban J connectivity index is 2.16. The highest BCUT2D eigenvalue weighted by Crippen LogP contribution is 2.25. The number of amides is 2. The molecular formula is C20H23ClN2O. The minimum absolute atomic E-state index is 0.272. The van der Waals surface area contributed by atoms with Crippen LogP contribution in [0.25, 0.3) is 5.57 Å². The largest absolute Gasteiger partial charge is 0.329 e. The molecule has 4 heteroatoms. The van der Waals surface area contributed by atoms with E-state index < -0.39 is 5.54 Å². The van der Waals surface area contributed by atoms with Gasteiger partial charge in [0, 0.05) is 10.7 Å². The fourth-order valence-electron chi connectivity index (χ4n) is 2.43. The summed E-state index contributed by atoms with van der Waals surface area (Å²) in [5.74, 6) is 0. The molecule has 0 aliphatic carbocycles. The number of urea groups is 1. The van der Waals surface area contributed by atoms with E-state index >= 15 is 0 Å². The number of nitrogens with one attached hydrogen (secondary N) is 2. The third-order valence-corrected chi connectivity index (χ3v) is 4.43. The minimum atomic E-state index is -0.526. The lowest BCUT2D eigenvalue weighted by Crippen LogP contribution is -2.43. The van der Waals surface area contributed by atoms with Crippen molar-refractivity contribution < 1.29 is 4.79 Å². The Morgan fingerprint density at radius 1 is 1.17 bits per heavy atom. The van der Waals surface area contributed by atoms with Gasteiger partial charge in [0.05, 0.1) is 5.54 Å². The number of carbonyl (C=O) groups excluding carboxylic acids is 1. The molecule has 0 radical (unpaired) electrons. The Labute approximate surface area is 148 Å². The van der Waals surface area contributed by atoms with E-state index in [1.54, 1.807) is 6.07 Å². The standard InChI is InChI=1S/C20H23ClN2O/c1-13(2)15-8-6-9-16(12-15)20(4,5)23-19(24)22-18-11-7-10-17(21)14(18)3/h6-12H,1H2,2-5H3,(H2,22,23,24). The molecule has 0 atom stereocenters. The molecule has 0 aliphatic heterocycles. The Morgan fingerprint density at radius 3 is 2.50 bits per heavy atom. The van der Waals surface area contributed by atoms with Gasteiger partial charge in [-0.05, 0) is 62.6 Å². The number of rotatable bonds is 4. The monoisotopic (exact) mass is 342 g/mol. The summed E-state index contributed by atoms with van der Waals surface area (Å²) in [6.07, 6.45) is 0. The van der Waals surface area contributed by atoms with Gasteiger partial charge in [-0.25, -0.2) is 4.79 Å². The summed E-state index contributed by atoms with van der Waals surface area (Å²) in [5.41, 5.74) is 4.09. The Bertz CT molecular complexity index is 781. The van der Waals surface area contributed by atoms with Gasteiger partial charge in [0.2, 0.25) is 0 Å². The maximum atomic E-state index is 12.4. The SMILES string of the molecule is C=C(C)c1cccc(C(C)(C)NC(=O)Nc2cccc(Cl)c2C)c1. The quantitative estimate of drug-likeness (QED) is 0.731. The average Bonchev–Trinajstić information content (AvgIpc) is 2.51. The van der Waals surface area contributed by atoms with E-state index in [1.807, 2.05) is 64.1 Å². The maximum Gasteiger partial charge on any atom is 0.319 e. The van der Waals surface area contributed by atoms with Gasteiger partial charge < -0.3 is 10.6 Å². The van der Waals surface area contributed by atoms with Crippen LogP contribution in [-0.4, -0.2) is 6.03 Å². The molecule has 0 fully saturated rings. The average molecular weight is 343 g/mol. The van der Waals surface area contributed by atoms with E-state index in [0.717, 1.165) is 22.3 Å². The molecule has 0 aliphatic rings. The fourth-order valence-corrected chi connectivity index (χ4v) is 2.60. The van der Waals surface area contributed by atoms with Crippen LogP contribution in [-0.2, 0) is 5.54 Å². The molecule has 0 bridgehead atoms. The van der Waals surface area contributed by atoms with Crippen molar-refractivity contribution >= 4 is 28.9 Å². The van der Waals surface area contributed by atoms with Gasteiger partial charge in [0.15, 0.2) is 0 Å². The van der Waals surface area contributed by atoms with Crippen LogP contribution in [0.5, 0.6) is 0 Å². The van der Waals surface area contributed by atoms with Crippen LogP contribution in [0.2, 0.25) is 5.02 Å². The molecule has 0 saturated heterocycles. The normalized spacial score (nSPS) is 11.0. The third kappa shape index (κ3) is 4.18. The van der Waals surface area contributed by atoms with Crippen LogP contribution >= 0.6 is 11.6 Å². The molecule has 2 rings (SSSR count). The first-order valence-corrected chi connectivity index (χ1v) is 8.19. The predicted octanol–water partition coefficient (Wildman–Crippen LogP) is 5.74. The van der Waals surface area contributed by atoms with Gasteiger partial charge in [-0.2, -0.15) is 0 Å². The molecule has 0 aromatic heterocycles. The van der Waals surface area contributed by atoms with Crippen molar-refractivity contribution in [2.45, 2.75) is 33.2 Å². The number of benzene rings is 2. The topological polar surface area (TPSA) is 41.1 Å². The summed E-state index contributed by atoms with van der Waals surface area (Å²) >= 11 is 6.09. The van der Waals surface area contributed by atoms with E-state index in [1.165, 1.54) is 0 Å². The highest BCUT2D eigenvalue weighted by molar-refractivity contribution is 6.31. The lowest BCUT2D eigenvalue weighted by atomic mass is 9.92. The van der Waals surface area contributed by atoms with Crippen LogP contribution in [0.1, 0.15) is 37.5 Å². The highest BCUT2D eigenvalue weighted by Gasteiger charge is 2.23. The van der Waals surface area contributed by atoms with Crippen molar-refractivity contribution in [2.75, 3.05) is 5.32 Å². The van der Waals surface area contributed by atoms with Gasteiger partial charge in [0.1, 0.15) is 0 Å². The van der Waals surface area contributed by atoms with E-state index in [0.29, 0.717) is 10.7 Å². The van der Waals surface area contributed by atoms with Crippen molar-refractivity contribution in [1.82, 2.24) is 5.32 Å². The van der Waals surface area contributed by atoms with Gasteiger partial charge in [-0.3, -0.25) is 0 Å². The summed E-state index contributed by atoms with van der Waals surface area (Å²) in [6, 6.07) is 13.2. The molecule has 0 heterocycles. The number of hydrogen-bond donors (Lipinski definition) is 2. The minimum Gasteiger partial charge on any atom is -0.329 e. The molecule has 2 amide bonds. The van der Waals surface area contributed by atoms with Crippen molar-refractivity contribution in [1.29, 1.82) is 0 Å². The number of hydrogen-bond acceptors (Lipinski definition) is 1. The molecule has 3 nitrogen and oxygen atoms in total. The lowest BCUT2D eigenvalue weighted by molar-refractivity contribution is 0.242. The van der Waals surface area contributed by atoms with E-state index in [-0.39, 0.29) is 6.03 Å².